The predicted octanol–water partition coefficient (Wildman–Crippen LogP) is 17.3. The van der Waals surface area contributed by atoms with Crippen LogP contribution in [0.15, 0.2) is 24.3 Å². The predicted molar refractivity (Wildman–Crippen MR) is 453 cm³/mol. The van der Waals surface area contributed by atoms with E-state index < -0.39 is 162 Å². The Morgan fingerprint density at radius 2 is 0.641 bits per heavy atom. The average molecular weight is 1690 g/mol. The van der Waals surface area contributed by atoms with Crippen molar-refractivity contribution < 1.29 is 122 Å². The molecule has 2 aliphatic heterocycles. The zero-order chi connectivity index (χ0) is 85.4. The van der Waals surface area contributed by atoms with Crippen LogP contribution in [-0.4, -0.2) is 205 Å². The van der Waals surface area contributed by atoms with Gasteiger partial charge < -0.3 is 88.7 Å². The van der Waals surface area contributed by atoms with E-state index in [1.165, 1.54) is 148 Å². The number of ether oxygens (including phenoxy) is 8. The Kier molecular flexibility index (Phi) is 64.9. The Labute approximate surface area is 704 Å². The third kappa shape index (κ3) is 50.5. The zero-order valence-electron chi connectivity index (χ0n) is 73.0. The van der Waals surface area contributed by atoms with Crippen molar-refractivity contribution in [2.24, 2.45) is 0 Å². The molecule has 1 aliphatic carbocycles. The summed E-state index contributed by atoms with van der Waals surface area (Å²) in [5, 5.41) is 102. The van der Waals surface area contributed by atoms with Gasteiger partial charge in [-0.25, -0.2) is 4.57 Å². The lowest BCUT2D eigenvalue weighted by molar-refractivity contribution is -0.360. The number of unbranched alkanes of at least 4 members (excludes halogenated alkanes) is 48. The van der Waals surface area contributed by atoms with Crippen molar-refractivity contribution in [1.82, 2.24) is 0 Å². The van der Waals surface area contributed by atoms with E-state index in [1.54, 1.807) is 0 Å². The van der Waals surface area contributed by atoms with E-state index in [4.69, 9.17) is 46.9 Å². The lowest BCUT2D eigenvalue weighted by atomic mass is 9.84. The Hall–Kier alpha value is -3.05. The molecule has 0 amide bonds. The number of rotatable bonds is 76. The molecule has 0 aromatic carbocycles. The number of hydrogen-bond donors (Lipinski definition) is 10. The van der Waals surface area contributed by atoms with E-state index >= 15 is 0 Å². The molecule has 2 heterocycles. The maximum atomic E-state index is 14.9. The quantitative estimate of drug-likeness (QED) is 0.00889. The minimum atomic E-state index is -5.81. The Morgan fingerprint density at radius 3 is 1.03 bits per heavy atom. The second-order valence-electron chi connectivity index (χ2n) is 33.5. The Morgan fingerprint density at radius 1 is 0.333 bits per heavy atom. The van der Waals surface area contributed by atoms with Gasteiger partial charge in [0.1, 0.15) is 92.6 Å². The van der Waals surface area contributed by atoms with Crippen LogP contribution in [0.2, 0.25) is 0 Å². The normalized spacial score (nSPS) is 25.1. The summed E-state index contributed by atoms with van der Waals surface area (Å²) in [5.41, 5.74) is 0. The van der Waals surface area contributed by atoms with E-state index in [0.29, 0.717) is 38.5 Å². The standard InChI is InChI=1S/C91H167O25P/c1-5-9-13-17-21-25-29-33-36-40-44-48-52-56-60-64-75(94)108-70-73-79(98)81(100)85(104)91(112-73)115-88-86(113-77(96)66-62-58-54-50-46-42-38-35-31-27-23-19-15-11-7-3)82(101)83(102)87(114-90-84(103)80(99)78(97)72(67-92)111-90)89(88)116-117(105,106)109-69-71(68-107-74(93)63-59-55-51-47-43-39-32-28-24-20-16-12-8-4)110-76(95)65-61-57-53-49-45-41-37-34-30-26-22-18-14-10-6-2/h25-26,29-30,71-73,78-92,97-104H,5-24,27-28,31-70H2,1-4H3,(H,105,106)/b29-25-,30-26-. The van der Waals surface area contributed by atoms with Gasteiger partial charge in [0, 0.05) is 25.7 Å². The van der Waals surface area contributed by atoms with Crippen LogP contribution in [0, 0.1) is 0 Å². The minimum absolute atomic E-state index is 0.00987. The summed E-state index contributed by atoms with van der Waals surface area (Å²) in [6.07, 6.45) is 30.2. The van der Waals surface area contributed by atoms with Gasteiger partial charge in [-0.05, 0) is 77.0 Å². The summed E-state index contributed by atoms with van der Waals surface area (Å²) in [6, 6.07) is 0. The van der Waals surface area contributed by atoms with Gasteiger partial charge >= 0.3 is 31.7 Å². The first kappa shape index (κ1) is 108. The van der Waals surface area contributed by atoms with Crippen LogP contribution in [0.3, 0.4) is 0 Å². The van der Waals surface area contributed by atoms with Crippen LogP contribution < -0.4 is 0 Å². The number of carbonyl (C=O) groups excluding carboxylic acids is 4. The van der Waals surface area contributed by atoms with Gasteiger partial charge in [0.2, 0.25) is 0 Å². The summed E-state index contributed by atoms with van der Waals surface area (Å²) in [5.74, 6) is -2.97. The van der Waals surface area contributed by atoms with Crippen molar-refractivity contribution in [1.29, 1.82) is 0 Å². The number of esters is 4. The molecular formula is C91H167O25P. The van der Waals surface area contributed by atoms with Gasteiger partial charge in [-0.2, -0.15) is 0 Å². The molecule has 10 N–H and O–H groups in total. The molecule has 3 fully saturated rings. The highest BCUT2D eigenvalue weighted by molar-refractivity contribution is 7.47. The monoisotopic (exact) mass is 1690 g/mol. The lowest BCUT2D eigenvalue weighted by Crippen LogP contribution is -2.70. The summed E-state index contributed by atoms with van der Waals surface area (Å²) in [7, 11) is -5.81. The van der Waals surface area contributed by atoms with Gasteiger partial charge in [-0.3, -0.25) is 28.2 Å². The highest BCUT2D eigenvalue weighted by Gasteiger charge is 2.60. The summed E-state index contributed by atoms with van der Waals surface area (Å²) in [6.45, 7) is 5.58. The molecule has 0 spiro atoms. The molecule has 3 rings (SSSR count). The van der Waals surface area contributed by atoms with Crippen molar-refractivity contribution in [3.8, 4) is 0 Å². The van der Waals surface area contributed by atoms with Gasteiger partial charge in [-0.15, -0.1) is 0 Å². The first-order chi connectivity index (χ1) is 56.7. The largest absolute Gasteiger partial charge is 0.472 e. The highest BCUT2D eigenvalue weighted by atomic mass is 31.2. The van der Waals surface area contributed by atoms with Crippen LogP contribution >= 0.6 is 7.82 Å². The number of aliphatic hydroxyl groups excluding tert-OH is 9. The van der Waals surface area contributed by atoms with Crippen molar-refractivity contribution in [2.45, 2.75) is 504 Å². The Balaban J connectivity index is 1.92. The van der Waals surface area contributed by atoms with E-state index in [1.807, 2.05) is 0 Å². The topological polar surface area (TPSA) is 380 Å². The molecule has 18 atom stereocenters. The smallest absolute Gasteiger partial charge is 0.463 e. The number of phosphoric ester groups is 1. The summed E-state index contributed by atoms with van der Waals surface area (Å²) >= 11 is 0. The zero-order valence-corrected chi connectivity index (χ0v) is 73.9. The van der Waals surface area contributed by atoms with Gasteiger partial charge in [0.25, 0.3) is 0 Å². The fourth-order valence-electron chi connectivity index (χ4n) is 15.4. The first-order valence-corrected chi connectivity index (χ1v) is 48.6. The molecule has 0 radical (unpaired) electrons. The molecule has 0 aromatic rings. The molecule has 1 saturated carbocycles. The molecular weight excluding hydrogens is 1520 g/mol. The van der Waals surface area contributed by atoms with E-state index in [-0.39, 0.29) is 25.7 Å². The number of hydrogen-bond acceptors (Lipinski definition) is 24. The second-order valence-corrected chi connectivity index (χ2v) is 34.9. The van der Waals surface area contributed by atoms with Crippen LogP contribution in [0.5, 0.6) is 0 Å². The molecule has 3 aliphatic rings. The highest BCUT2D eigenvalue weighted by Crippen LogP contribution is 2.49. The summed E-state index contributed by atoms with van der Waals surface area (Å²) < 4.78 is 73.4. The van der Waals surface area contributed by atoms with E-state index in [2.05, 4.69) is 52.0 Å². The van der Waals surface area contributed by atoms with E-state index in [0.717, 1.165) is 161 Å². The Bertz CT molecular complexity index is 2530. The molecule has 2 saturated heterocycles. The van der Waals surface area contributed by atoms with Gasteiger partial charge in [0.05, 0.1) is 13.2 Å². The first-order valence-electron chi connectivity index (χ1n) is 47.1. The fourth-order valence-corrected chi connectivity index (χ4v) is 16.4. The third-order valence-corrected chi connectivity index (χ3v) is 23.9. The number of aliphatic hydroxyl groups is 9. The molecule has 0 aromatic heterocycles. The molecule has 25 nitrogen and oxygen atoms in total. The van der Waals surface area contributed by atoms with Crippen LogP contribution in [0.1, 0.15) is 400 Å². The third-order valence-electron chi connectivity index (χ3n) is 22.9. The number of carbonyl (C=O) groups is 4. The van der Waals surface area contributed by atoms with E-state index in [9.17, 15) is 74.6 Å². The van der Waals surface area contributed by atoms with Gasteiger partial charge in [-0.1, -0.05) is 322 Å². The maximum absolute atomic E-state index is 14.9. The molecule has 26 heteroatoms. The molecule has 117 heavy (non-hydrogen) atoms. The summed E-state index contributed by atoms with van der Waals surface area (Å²) in [4.78, 5) is 66.4. The SMILES string of the molecule is CCCCCC/C=C\CCCCCCCCCC(=O)OCC1OC(OC2C(OC(=O)CCCCCCCCCCCCCCCCC)C(O)C(O)C(OC3OC(CO)C(O)C(O)C3O)C2OP(=O)(O)OCC(COC(=O)CCCCCCCCCCCCCCC)OC(=O)CCCCCCCCC/C=C\CCCCCC)C(O)C(O)C1O. The number of allylic oxidation sites excluding steroid dienone is 4. The maximum Gasteiger partial charge on any atom is 0.472 e. The fraction of sp³-hybridized carbons (Fsp3) is 0.912. The van der Waals surface area contributed by atoms with Crippen LogP contribution in [0.25, 0.3) is 0 Å². The number of phosphoric acid groups is 1. The van der Waals surface area contributed by atoms with Gasteiger partial charge in [0.15, 0.2) is 24.8 Å². The molecule has 18 unspecified atom stereocenters. The van der Waals surface area contributed by atoms with Crippen LogP contribution in [-0.2, 0) is 70.7 Å². The van der Waals surface area contributed by atoms with Crippen LogP contribution in [0.4, 0.5) is 0 Å². The molecule has 0 bridgehead atoms. The van der Waals surface area contributed by atoms with Crippen molar-refractivity contribution in [3.63, 3.8) is 0 Å². The minimum Gasteiger partial charge on any atom is -0.463 e. The average Bonchev–Trinajstić information content (AvgIpc) is 0.754. The lowest BCUT2D eigenvalue weighted by Gasteiger charge is -2.50. The van der Waals surface area contributed by atoms with Crippen molar-refractivity contribution in [3.05, 3.63) is 24.3 Å². The van der Waals surface area contributed by atoms with Crippen molar-refractivity contribution >= 4 is 31.7 Å². The second kappa shape index (κ2) is 70.3. The molecule has 686 valence electrons. The van der Waals surface area contributed by atoms with Crippen molar-refractivity contribution in [2.75, 3.05) is 26.4 Å².